The van der Waals surface area contributed by atoms with Crippen LogP contribution in [0.2, 0.25) is 0 Å². The molecule has 1 aliphatic carbocycles. The fourth-order valence-electron chi connectivity index (χ4n) is 2.40. The highest BCUT2D eigenvalue weighted by Gasteiger charge is 2.08. The molecular weight excluding hydrogens is 252 g/mol. The van der Waals surface area contributed by atoms with Crippen molar-refractivity contribution in [3.8, 4) is 5.75 Å². The summed E-state index contributed by atoms with van der Waals surface area (Å²) in [7, 11) is 1.59. The summed E-state index contributed by atoms with van der Waals surface area (Å²) in [6.07, 6.45) is 7.77. The number of benzene rings is 1. The van der Waals surface area contributed by atoms with E-state index in [0.29, 0.717) is 11.4 Å². The van der Waals surface area contributed by atoms with Crippen molar-refractivity contribution in [2.75, 3.05) is 12.4 Å². The standard InChI is InChI=1S/C16H22N2O2/c1-12-8-9-15(20-2)14(10-12)18-16(19)17-11-13-6-4-3-5-7-13/h8-11H,3-7H2,1-2H3,(H2,17,18,19). The predicted octanol–water partition coefficient (Wildman–Crippen LogP) is 3.97. The van der Waals surface area contributed by atoms with Crippen molar-refractivity contribution in [3.05, 3.63) is 35.5 Å². The van der Waals surface area contributed by atoms with Gasteiger partial charge < -0.3 is 15.4 Å². The smallest absolute Gasteiger partial charge is 0.323 e. The van der Waals surface area contributed by atoms with Gasteiger partial charge in [0, 0.05) is 6.20 Å². The lowest BCUT2D eigenvalue weighted by molar-refractivity contribution is 0.255. The maximum atomic E-state index is 11.9. The fraction of sp³-hybridized carbons (Fsp3) is 0.438. The zero-order valence-corrected chi connectivity index (χ0v) is 12.2. The van der Waals surface area contributed by atoms with Crippen molar-refractivity contribution in [2.45, 2.75) is 39.0 Å². The molecule has 108 valence electrons. The average molecular weight is 274 g/mol. The van der Waals surface area contributed by atoms with E-state index in [4.69, 9.17) is 4.74 Å². The van der Waals surface area contributed by atoms with Crippen LogP contribution in [0, 0.1) is 6.92 Å². The van der Waals surface area contributed by atoms with E-state index in [1.165, 1.54) is 24.8 Å². The van der Waals surface area contributed by atoms with Crippen LogP contribution >= 0.6 is 0 Å². The summed E-state index contributed by atoms with van der Waals surface area (Å²) < 4.78 is 5.24. The van der Waals surface area contributed by atoms with Gasteiger partial charge in [-0.05, 0) is 50.3 Å². The minimum atomic E-state index is -0.230. The summed E-state index contributed by atoms with van der Waals surface area (Å²) in [6.45, 7) is 1.98. The van der Waals surface area contributed by atoms with Gasteiger partial charge in [0.15, 0.2) is 0 Å². The number of urea groups is 1. The molecule has 0 aliphatic heterocycles. The first-order valence-electron chi connectivity index (χ1n) is 7.09. The van der Waals surface area contributed by atoms with E-state index >= 15 is 0 Å². The lowest BCUT2D eigenvalue weighted by Crippen LogP contribution is -2.25. The molecule has 1 aromatic carbocycles. The van der Waals surface area contributed by atoms with Gasteiger partial charge in [-0.15, -0.1) is 0 Å². The number of carbonyl (C=O) groups is 1. The lowest BCUT2D eigenvalue weighted by Gasteiger charge is -2.14. The maximum Gasteiger partial charge on any atom is 0.323 e. The predicted molar refractivity (Wildman–Crippen MR) is 81.1 cm³/mol. The summed E-state index contributed by atoms with van der Waals surface area (Å²) >= 11 is 0. The van der Waals surface area contributed by atoms with Gasteiger partial charge in [0.05, 0.1) is 12.8 Å². The van der Waals surface area contributed by atoms with E-state index in [9.17, 15) is 4.79 Å². The molecule has 0 aromatic heterocycles. The Morgan fingerprint density at radius 1 is 1.25 bits per heavy atom. The van der Waals surface area contributed by atoms with Gasteiger partial charge in [0.2, 0.25) is 0 Å². The van der Waals surface area contributed by atoms with Gasteiger partial charge in [-0.25, -0.2) is 4.79 Å². The molecule has 2 rings (SSSR count). The van der Waals surface area contributed by atoms with Gasteiger partial charge in [-0.2, -0.15) is 0 Å². The Morgan fingerprint density at radius 3 is 2.70 bits per heavy atom. The third-order valence-corrected chi connectivity index (χ3v) is 3.51. The molecule has 2 N–H and O–H groups in total. The molecule has 1 aromatic rings. The molecule has 20 heavy (non-hydrogen) atoms. The zero-order chi connectivity index (χ0) is 14.4. The second-order valence-electron chi connectivity index (χ2n) is 5.17. The molecule has 0 unspecified atom stereocenters. The monoisotopic (exact) mass is 274 g/mol. The van der Waals surface area contributed by atoms with Crippen LogP contribution in [0.1, 0.15) is 37.7 Å². The van der Waals surface area contributed by atoms with Crippen molar-refractivity contribution in [3.63, 3.8) is 0 Å². The Morgan fingerprint density at radius 2 is 2.00 bits per heavy atom. The molecule has 0 bridgehead atoms. The van der Waals surface area contributed by atoms with E-state index in [1.807, 2.05) is 31.3 Å². The summed E-state index contributed by atoms with van der Waals surface area (Å²) in [4.78, 5) is 11.9. The number of hydrogen-bond acceptors (Lipinski definition) is 2. The number of allylic oxidation sites excluding steroid dienone is 1. The SMILES string of the molecule is COc1ccc(C)cc1NC(=O)NC=C1CCCCC1. The number of methoxy groups -OCH3 is 1. The van der Waals surface area contributed by atoms with Crippen LogP contribution in [0.15, 0.2) is 30.0 Å². The molecule has 0 atom stereocenters. The minimum Gasteiger partial charge on any atom is -0.495 e. The van der Waals surface area contributed by atoms with Crippen molar-refractivity contribution < 1.29 is 9.53 Å². The minimum absolute atomic E-state index is 0.230. The molecular formula is C16H22N2O2. The Bertz CT molecular complexity index is 501. The highest BCUT2D eigenvalue weighted by molar-refractivity contribution is 5.91. The van der Waals surface area contributed by atoms with Crippen LogP contribution in [0.3, 0.4) is 0 Å². The fourth-order valence-corrected chi connectivity index (χ4v) is 2.40. The maximum absolute atomic E-state index is 11.9. The Balaban J connectivity index is 1.95. The zero-order valence-electron chi connectivity index (χ0n) is 12.2. The number of anilines is 1. The number of nitrogens with one attached hydrogen (secondary N) is 2. The van der Waals surface area contributed by atoms with E-state index in [2.05, 4.69) is 10.6 Å². The molecule has 0 radical (unpaired) electrons. The molecule has 1 saturated carbocycles. The Hall–Kier alpha value is -1.97. The van der Waals surface area contributed by atoms with Crippen LogP contribution in [0.5, 0.6) is 5.75 Å². The third kappa shape index (κ3) is 4.02. The third-order valence-electron chi connectivity index (χ3n) is 3.51. The quantitative estimate of drug-likeness (QED) is 0.876. The molecule has 1 aliphatic rings. The van der Waals surface area contributed by atoms with E-state index < -0.39 is 0 Å². The average Bonchev–Trinajstić information content (AvgIpc) is 2.46. The van der Waals surface area contributed by atoms with Crippen LogP contribution in [0.4, 0.5) is 10.5 Å². The van der Waals surface area contributed by atoms with Crippen LogP contribution in [-0.4, -0.2) is 13.1 Å². The number of rotatable bonds is 3. The number of amides is 2. The van der Waals surface area contributed by atoms with Crippen molar-refractivity contribution in [1.82, 2.24) is 5.32 Å². The first-order chi connectivity index (χ1) is 9.69. The highest BCUT2D eigenvalue weighted by Crippen LogP contribution is 2.25. The van der Waals surface area contributed by atoms with Crippen LogP contribution in [0.25, 0.3) is 0 Å². The first-order valence-corrected chi connectivity index (χ1v) is 7.09. The molecule has 4 nitrogen and oxygen atoms in total. The van der Waals surface area contributed by atoms with Gasteiger partial charge in [-0.3, -0.25) is 0 Å². The second kappa shape index (κ2) is 6.98. The topological polar surface area (TPSA) is 50.4 Å². The van der Waals surface area contributed by atoms with Gasteiger partial charge in [0.1, 0.15) is 5.75 Å². The molecule has 0 spiro atoms. The molecule has 2 amide bonds. The Labute approximate surface area is 120 Å². The number of ether oxygens (including phenoxy) is 1. The van der Waals surface area contributed by atoms with Crippen LogP contribution in [-0.2, 0) is 0 Å². The van der Waals surface area contributed by atoms with Gasteiger partial charge in [-0.1, -0.05) is 18.1 Å². The largest absolute Gasteiger partial charge is 0.495 e. The van der Waals surface area contributed by atoms with Crippen molar-refractivity contribution in [2.24, 2.45) is 0 Å². The first kappa shape index (κ1) is 14.4. The molecule has 1 fully saturated rings. The normalized spacial score (nSPS) is 14.6. The van der Waals surface area contributed by atoms with E-state index in [0.717, 1.165) is 18.4 Å². The van der Waals surface area contributed by atoms with E-state index in [1.54, 1.807) is 7.11 Å². The number of hydrogen-bond donors (Lipinski definition) is 2. The highest BCUT2D eigenvalue weighted by atomic mass is 16.5. The summed E-state index contributed by atoms with van der Waals surface area (Å²) in [5.74, 6) is 0.663. The van der Waals surface area contributed by atoms with E-state index in [-0.39, 0.29) is 6.03 Å². The number of aryl methyl sites for hydroxylation is 1. The summed E-state index contributed by atoms with van der Waals surface area (Å²) in [5, 5.41) is 5.63. The van der Waals surface area contributed by atoms with Crippen molar-refractivity contribution in [1.29, 1.82) is 0 Å². The van der Waals surface area contributed by atoms with Gasteiger partial charge in [0.25, 0.3) is 0 Å². The number of carbonyl (C=O) groups excluding carboxylic acids is 1. The molecule has 0 saturated heterocycles. The molecule has 4 heteroatoms. The summed E-state index contributed by atoms with van der Waals surface area (Å²) in [5.41, 5.74) is 3.08. The van der Waals surface area contributed by atoms with Gasteiger partial charge >= 0.3 is 6.03 Å². The second-order valence-corrected chi connectivity index (χ2v) is 5.17. The van der Waals surface area contributed by atoms with Crippen molar-refractivity contribution >= 4 is 11.7 Å². The Kier molecular flexibility index (Phi) is 5.04. The lowest BCUT2D eigenvalue weighted by atomic mass is 9.96. The summed E-state index contributed by atoms with van der Waals surface area (Å²) in [6, 6.07) is 5.47. The molecule has 0 heterocycles. The van der Waals surface area contributed by atoms with Crippen LogP contribution < -0.4 is 15.4 Å².